The maximum Gasteiger partial charge on any atom is 0.246 e. The summed E-state index contributed by atoms with van der Waals surface area (Å²) in [6.45, 7) is 4.84. The Labute approximate surface area is 110 Å². The topological polar surface area (TPSA) is 89.9 Å². The first-order valence-electron chi connectivity index (χ1n) is 6.53. The highest BCUT2D eigenvalue weighted by Crippen LogP contribution is 2.28. The number of rotatable bonds is 3. The first kappa shape index (κ1) is 12.3. The summed E-state index contributed by atoms with van der Waals surface area (Å²) in [5.74, 6) is 2.35. The lowest BCUT2D eigenvalue weighted by Crippen LogP contribution is -2.43. The minimum atomic E-state index is -0.212. The van der Waals surface area contributed by atoms with E-state index in [1.54, 1.807) is 6.92 Å². The van der Waals surface area contributed by atoms with E-state index in [0.29, 0.717) is 29.9 Å². The molecule has 1 aliphatic rings. The quantitative estimate of drug-likeness (QED) is 0.893. The maximum atomic E-state index is 5.38. The predicted molar refractivity (Wildman–Crippen MR) is 65.3 cm³/mol. The van der Waals surface area contributed by atoms with Crippen molar-refractivity contribution < 1.29 is 9.05 Å². The predicted octanol–water partition coefficient (Wildman–Crippen LogP) is 1.34. The van der Waals surface area contributed by atoms with E-state index in [1.165, 1.54) is 12.8 Å². The van der Waals surface area contributed by atoms with E-state index >= 15 is 0 Å². The fourth-order valence-electron chi connectivity index (χ4n) is 2.34. The van der Waals surface area contributed by atoms with E-state index < -0.39 is 0 Å². The highest BCUT2D eigenvalue weighted by molar-refractivity contribution is 5.05. The van der Waals surface area contributed by atoms with Crippen molar-refractivity contribution in [1.82, 2.24) is 25.6 Å². The number of hydrogen-bond donors (Lipinski definition) is 1. The van der Waals surface area contributed by atoms with Crippen LogP contribution in [0.15, 0.2) is 9.05 Å². The van der Waals surface area contributed by atoms with E-state index in [1.807, 2.05) is 0 Å². The van der Waals surface area contributed by atoms with E-state index in [0.717, 1.165) is 13.0 Å². The minimum absolute atomic E-state index is 0.212. The second-order valence-corrected chi connectivity index (χ2v) is 5.14. The average Bonchev–Trinajstić information content (AvgIpc) is 3.01. The average molecular weight is 263 g/mol. The van der Waals surface area contributed by atoms with Gasteiger partial charge in [-0.3, -0.25) is 0 Å². The molecule has 7 heteroatoms. The molecule has 0 spiro atoms. The van der Waals surface area contributed by atoms with Crippen molar-refractivity contribution in [1.29, 1.82) is 0 Å². The number of piperidine rings is 1. The number of aryl methyl sites for hydroxylation is 1. The molecule has 0 aliphatic carbocycles. The zero-order valence-corrected chi connectivity index (χ0v) is 11.1. The van der Waals surface area contributed by atoms with Gasteiger partial charge in [0.1, 0.15) is 0 Å². The van der Waals surface area contributed by atoms with Crippen LogP contribution in [0.4, 0.5) is 0 Å². The lowest BCUT2D eigenvalue weighted by atomic mass is 9.91. The molecule has 2 aromatic heterocycles. The summed E-state index contributed by atoms with van der Waals surface area (Å²) in [5.41, 5.74) is -0.212. The van der Waals surface area contributed by atoms with Gasteiger partial charge in [0.25, 0.3) is 0 Å². The van der Waals surface area contributed by atoms with Crippen molar-refractivity contribution >= 4 is 0 Å². The number of nitrogens with zero attached hydrogens (tertiary/aromatic N) is 4. The summed E-state index contributed by atoms with van der Waals surface area (Å²) < 4.78 is 10.3. The van der Waals surface area contributed by atoms with Crippen LogP contribution in [0.2, 0.25) is 0 Å². The zero-order valence-electron chi connectivity index (χ0n) is 11.1. The van der Waals surface area contributed by atoms with Crippen LogP contribution in [0.25, 0.3) is 0 Å². The Balaban J connectivity index is 1.75. The highest BCUT2D eigenvalue weighted by Gasteiger charge is 2.34. The van der Waals surface area contributed by atoms with Crippen LogP contribution >= 0.6 is 0 Å². The molecule has 1 aliphatic heterocycles. The van der Waals surface area contributed by atoms with E-state index in [2.05, 4.69) is 32.5 Å². The van der Waals surface area contributed by atoms with Crippen LogP contribution in [0, 0.1) is 6.92 Å². The van der Waals surface area contributed by atoms with Crippen molar-refractivity contribution in [2.45, 2.75) is 45.1 Å². The molecule has 2 aromatic rings. The smallest absolute Gasteiger partial charge is 0.246 e. The molecule has 3 heterocycles. The highest BCUT2D eigenvalue weighted by atomic mass is 16.5. The van der Waals surface area contributed by atoms with Gasteiger partial charge in [0.2, 0.25) is 11.8 Å². The van der Waals surface area contributed by atoms with Crippen molar-refractivity contribution in [2.24, 2.45) is 0 Å². The molecule has 3 rings (SSSR count). The fourth-order valence-corrected chi connectivity index (χ4v) is 2.34. The van der Waals surface area contributed by atoms with Gasteiger partial charge in [0.05, 0.1) is 12.0 Å². The Morgan fingerprint density at radius 1 is 1.16 bits per heavy atom. The minimum Gasteiger partial charge on any atom is -0.340 e. The molecule has 1 unspecified atom stereocenters. The van der Waals surface area contributed by atoms with Gasteiger partial charge in [-0.05, 0) is 32.7 Å². The molecule has 0 radical (unpaired) electrons. The molecule has 0 bridgehead atoms. The van der Waals surface area contributed by atoms with Crippen LogP contribution in [0.5, 0.6) is 0 Å². The van der Waals surface area contributed by atoms with E-state index in [9.17, 15) is 0 Å². The van der Waals surface area contributed by atoms with Gasteiger partial charge in [-0.15, -0.1) is 0 Å². The van der Waals surface area contributed by atoms with Crippen molar-refractivity contribution in [3.63, 3.8) is 0 Å². The van der Waals surface area contributed by atoms with Gasteiger partial charge in [-0.2, -0.15) is 9.97 Å². The third kappa shape index (κ3) is 2.51. The Morgan fingerprint density at radius 3 is 2.63 bits per heavy atom. The molecule has 0 amide bonds. The number of nitrogens with one attached hydrogen (secondary N) is 1. The molecule has 102 valence electrons. The number of aromatic nitrogens is 4. The fraction of sp³-hybridized carbons (Fsp3) is 0.667. The molecule has 1 fully saturated rings. The first-order chi connectivity index (χ1) is 9.16. The zero-order chi connectivity index (χ0) is 13.3. The van der Waals surface area contributed by atoms with Crippen molar-refractivity contribution in [3.05, 3.63) is 23.4 Å². The van der Waals surface area contributed by atoms with Crippen LogP contribution in [-0.2, 0) is 12.0 Å². The van der Waals surface area contributed by atoms with Crippen LogP contribution in [0.3, 0.4) is 0 Å². The second kappa shape index (κ2) is 4.73. The van der Waals surface area contributed by atoms with Gasteiger partial charge < -0.3 is 14.4 Å². The summed E-state index contributed by atoms with van der Waals surface area (Å²) in [6.07, 6.45) is 3.80. The molecule has 0 saturated carbocycles. The molecule has 1 atom stereocenters. The standard InChI is InChI=1S/C12H17N5O2/c1-8-14-9(16-18-8)7-10-15-11(19-17-10)12(2)5-3-4-6-13-12/h13H,3-7H2,1-2H3. The third-order valence-electron chi connectivity index (χ3n) is 3.44. The molecular weight excluding hydrogens is 246 g/mol. The molecule has 0 aromatic carbocycles. The van der Waals surface area contributed by atoms with Gasteiger partial charge in [-0.1, -0.05) is 10.3 Å². The Kier molecular flexibility index (Phi) is 3.06. The van der Waals surface area contributed by atoms with Crippen molar-refractivity contribution in [2.75, 3.05) is 6.54 Å². The summed E-state index contributed by atoms with van der Waals surface area (Å²) >= 11 is 0. The Bertz CT molecular complexity index is 556. The van der Waals surface area contributed by atoms with Gasteiger partial charge in [0.15, 0.2) is 11.6 Å². The van der Waals surface area contributed by atoms with Crippen LogP contribution in [-0.4, -0.2) is 26.8 Å². The van der Waals surface area contributed by atoms with E-state index in [-0.39, 0.29) is 5.54 Å². The van der Waals surface area contributed by atoms with Crippen LogP contribution in [0.1, 0.15) is 49.6 Å². The second-order valence-electron chi connectivity index (χ2n) is 5.14. The third-order valence-corrected chi connectivity index (χ3v) is 3.44. The van der Waals surface area contributed by atoms with Gasteiger partial charge >= 0.3 is 0 Å². The van der Waals surface area contributed by atoms with Crippen molar-refractivity contribution in [3.8, 4) is 0 Å². The Morgan fingerprint density at radius 2 is 1.95 bits per heavy atom. The summed E-state index contributed by atoms with van der Waals surface area (Å²) in [4.78, 5) is 8.58. The first-order valence-corrected chi connectivity index (χ1v) is 6.53. The van der Waals surface area contributed by atoms with Gasteiger partial charge in [0, 0.05) is 6.92 Å². The summed E-state index contributed by atoms with van der Waals surface area (Å²) in [6, 6.07) is 0. The lowest BCUT2D eigenvalue weighted by Gasteiger charge is -2.31. The van der Waals surface area contributed by atoms with E-state index in [4.69, 9.17) is 9.05 Å². The maximum absolute atomic E-state index is 5.38. The van der Waals surface area contributed by atoms with Crippen LogP contribution < -0.4 is 5.32 Å². The SMILES string of the molecule is Cc1nc(Cc2noc(C3(C)CCCCN3)n2)no1. The van der Waals surface area contributed by atoms with Gasteiger partial charge in [-0.25, -0.2) is 0 Å². The Hall–Kier alpha value is -1.76. The monoisotopic (exact) mass is 263 g/mol. The molecule has 1 N–H and O–H groups in total. The normalized spacial score (nSPS) is 23.7. The molecule has 19 heavy (non-hydrogen) atoms. The molecule has 1 saturated heterocycles. The summed E-state index contributed by atoms with van der Waals surface area (Å²) in [7, 11) is 0. The molecular formula is C12H17N5O2. The number of hydrogen-bond acceptors (Lipinski definition) is 7. The molecule has 7 nitrogen and oxygen atoms in total. The lowest BCUT2D eigenvalue weighted by molar-refractivity contribution is 0.206. The largest absolute Gasteiger partial charge is 0.340 e. The summed E-state index contributed by atoms with van der Waals surface area (Å²) in [5, 5.41) is 11.3.